The Kier molecular flexibility index (Phi) is 5.82. The molecule has 1 aromatic carbocycles. The summed E-state index contributed by atoms with van der Waals surface area (Å²) in [5.74, 6) is 0.120. The predicted molar refractivity (Wildman–Crippen MR) is 71.9 cm³/mol. The summed E-state index contributed by atoms with van der Waals surface area (Å²) in [4.78, 5) is 11.5. The second kappa shape index (κ2) is 7.13. The van der Waals surface area contributed by atoms with Crippen molar-refractivity contribution in [3.8, 4) is 0 Å². The van der Waals surface area contributed by atoms with E-state index in [9.17, 15) is 4.79 Å². The maximum atomic E-state index is 11.5. The number of methoxy groups -OCH3 is 1. The van der Waals surface area contributed by atoms with Crippen molar-refractivity contribution in [3.63, 3.8) is 0 Å². The fraction of sp³-hybridized carbons (Fsp3) is 0.500. The van der Waals surface area contributed by atoms with Crippen LogP contribution < -0.4 is 11.1 Å². The smallest absolute Gasteiger partial charge is 0.239 e. The first-order valence-corrected chi connectivity index (χ1v) is 6.15. The van der Waals surface area contributed by atoms with E-state index < -0.39 is 6.04 Å². The molecule has 3 N–H and O–H groups in total. The molecule has 0 saturated heterocycles. The van der Waals surface area contributed by atoms with Crippen molar-refractivity contribution in [2.24, 2.45) is 11.7 Å². The third kappa shape index (κ3) is 4.47. The minimum Gasteiger partial charge on any atom is -0.380 e. The van der Waals surface area contributed by atoms with Crippen molar-refractivity contribution >= 4 is 5.91 Å². The Labute approximate surface area is 109 Å². The van der Waals surface area contributed by atoms with Gasteiger partial charge in [0.15, 0.2) is 0 Å². The van der Waals surface area contributed by atoms with Crippen LogP contribution in [0.3, 0.4) is 0 Å². The quantitative estimate of drug-likeness (QED) is 0.772. The molecule has 0 radical (unpaired) electrons. The molecule has 0 saturated carbocycles. The van der Waals surface area contributed by atoms with Crippen molar-refractivity contribution in [1.29, 1.82) is 0 Å². The number of carbonyl (C=O) groups is 1. The van der Waals surface area contributed by atoms with E-state index in [0.29, 0.717) is 12.5 Å². The molecule has 0 heterocycles. The lowest BCUT2D eigenvalue weighted by atomic mass is 10.0. The summed E-state index contributed by atoms with van der Waals surface area (Å²) in [7, 11) is 1.66. The van der Waals surface area contributed by atoms with Crippen LogP contribution in [0.5, 0.6) is 0 Å². The fourth-order valence-corrected chi connectivity index (χ4v) is 1.71. The SMILES string of the molecule is COCc1ccc(C(NCC(C)C)C(N)=O)cc1. The Morgan fingerprint density at radius 1 is 1.33 bits per heavy atom. The zero-order valence-electron chi connectivity index (χ0n) is 11.3. The van der Waals surface area contributed by atoms with E-state index in [-0.39, 0.29) is 5.91 Å². The lowest BCUT2D eigenvalue weighted by molar-refractivity contribution is -0.120. The van der Waals surface area contributed by atoms with Crippen LogP contribution in [-0.4, -0.2) is 19.6 Å². The van der Waals surface area contributed by atoms with E-state index >= 15 is 0 Å². The number of benzene rings is 1. The first kappa shape index (κ1) is 14.7. The Bertz CT molecular complexity index is 374. The number of rotatable bonds is 7. The van der Waals surface area contributed by atoms with Crippen molar-refractivity contribution in [1.82, 2.24) is 5.32 Å². The van der Waals surface area contributed by atoms with Gasteiger partial charge in [-0.3, -0.25) is 4.79 Å². The highest BCUT2D eigenvalue weighted by molar-refractivity contribution is 5.81. The number of carbonyl (C=O) groups excluding carboxylic acids is 1. The van der Waals surface area contributed by atoms with Gasteiger partial charge in [-0.15, -0.1) is 0 Å². The van der Waals surface area contributed by atoms with Gasteiger partial charge >= 0.3 is 0 Å². The summed E-state index contributed by atoms with van der Waals surface area (Å²) in [6, 6.07) is 7.30. The maximum Gasteiger partial charge on any atom is 0.239 e. The highest BCUT2D eigenvalue weighted by atomic mass is 16.5. The molecule has 4 nitrogen and oxygen atoms in total. The molecule has 1 rings (SSSR count). The van der Waals surface area contributed by atoms with E-state index in [1.807, 2.05) is 24.3 Å². The minimum absolute atomic E-state index is 0.352. The Morgan fingerprint density at radius 3 is 2.39 bits per heavy atom. The van der Waals surface area contributed by atoms with E-state index in [1.165, 1.54) is 0 Å². The molecule has 1 atom stereocenters. The summed E-state index contributed by atoms with van der Waals surface area (Å²) in [6.45, 7) is 5.51. The van der Waals surface area contributed by atoms with E-state index in [0.717, 1.165) is 17.7 Å². The van der Waals surface area contributed by atoms with Crippen molar-refractivity contribution < 1.29 is 9.53 Å². The number of primary amides is 1. The monoisotopic (exact) mass is 250 g/mol. The van der Waals surface area contributed by atoms with Gasteiger partial charge in [-0.05, 0) is 23.6 Å². The molecule has 0 aliphatic carbocycles. The lowest BCUT2D eigenvalue weighted by Gasteiger charge is -2.17. The summed E-state index contributed by atoms with van der Waals surface area (Å²) >= 11 is 0. The molecule has 0 aliphatic heterocycles. The van der Waals surface area contributed by atoms with Crippen LogP contribution in [-0.2, 0) is 16.1 Å². The molecule has 0 aliphatic rings. The van der Waals surface area contributed by atoms with E-state index in [4.69, 9.17) is 10.5 Å². The van der Waals surface area contributed by atoms with E-state index in [1.54, 1.807) is 7.11 Å². The average Bonchev–Trinajstić information content (AvgIpc) is 2.31. The number of nitrogens with two attached hydrogens (primary N) is 1. The molecule has 100 valence electrons. The van der Waals surface area contributed by atoms with Crippen LogP contribution in [0.1, 0.15) is 31.0 Å². The Morgan fingerprint density at radius 2 is 1.94 bits per heavy atom. The fourth-order valence-electron chi connectivity index (χ4n) is 1.71. The summed E-state index contributed by atoms with van der Waals surface area (Å²) in [5, 5.41) is 3.18. The molecule has 1 aromatic rings. The van der Waals surface area contributed by atoms with Gasteiger partial charge in [0, 0.05) is 7.11 Å². The van der Waals surface area contributed by atoms with Gasteiger partial charge in [0.2, 0.25) is 5.91 Å². The molecule has 1 amide bonds. The van der Waals surface area contributed by atoms with Crippen LogP contribution in [0, 0.1) is 5.92 Å². The summed E-state index contributed by atoms with van der Waals surface area (Å²) in [6.07, 6.45) is 0. The number of nitrogens with one attached hydrogen (secondary N) is 1. The van der Waals surface area contributed by atoms with Gasteiger partial charge < -0.3 is 15.8 Å². The maximum absolute atomic E-state index is 11.5. The molecule has 0 fully saturated rings. The highest BCUT2D eigenvalue weighted by Crippen LogP contribution is 2.14. The van der Waals surface area contributed by atoms with Crippen molar-refractivity contribution in [2.75, 3.05) is 13.7 Å². The highest BCUT2D eigenvalue weighted by Gasteiger charge is 2.17. The second-order valence-corrected chi connectivity index (χ2v) is 4.81. The van der Waals surface area contributed by atoms with Crippen LogP contribution in [0.15, 0.2) is 24.3 Å². The molecular weight excluding hydrogens is 228 g/mol. The van der Waals surface area contributed by atoms with Crippen LogP contribution in [0.25, 0.3) is 0 Å². The minimum atomic E-state index is -0.427. The summed E-state index contributed by atoms with van der Waals surface area (Å²) in [5.41, 5.74) is 7.39. The van der Waals surface area contributed by atoms with Gasteiger partial charge in [0.25, 0.3) is 0 Å². The van der Waals surface area contributed by atoms with Gasteiger partial charge in [-0.2, -0.15) is 0 Å². The third-order valence-corrected chi connectivity index (χ3v) is 2.64. The molecule has 0 bridgehead atoms. The van der Waals surface area contributed by atoms with Gasteiger partial charge in [0.05, 0.1) is 6.61 Å². The van der Waals surface area contributed by atoms with Crippen LogP contribution >= 0.6 is 0 Å². The lowest BCUT2D eigenvalue weighted by Crippen LogP contribution is -2.35. The second-order valence-electron chi connectivity index (χ2n) is 4.81. The third-order valence-electron chi connectivity index (χ3n) is 2.64. The van der Waals surface area contributed by atoms with Gasteiger partial charge in [-0.1, -0.05) is 38.1 Å². The number of hydrogen-bond donors (Lipinski definition) is 2. The number of hydrogen-bond acceptors (Lipinski definition) is 3. The zero-order chi connectivity index (χ0) is 13.5. The number of ether oxygens (including phenoxy) is 1. The molecular formula is C14H22N2O2. The molecule has 4 heteroatoms. The summed E-state index contributed by atoms with van der Waals surface area (Å²) < 4.78 is 5.05. The van der Waals surface area contributed by atoms with Crippen LogP contribution in [0.2, 0.25) is 0 Å². The normalized spacial score (nSPS) is 12.7. The largest absolute Gasteiger partial charge is 0.380 e. The molecule has 1 unspecified atom stereocenters. The Hall–Kier alpha value is -1.39. The van der Waals surface area contributed by atoms with E-state index in [2.05, 4.69) is 19.2 Å². The molecule has 18 heavy (non-hydrogen) atoms. The van der Waals surface area contributed by atoms with Gasteiger partial charge in [-0.25, -0.2) is 0 Å². The van der Waals surface area contributed by atoms with Crippen molar-refractivity contribution in [2.45, 2.75) is 26.5 Å². The predicted octanol–water partition coefficient (Wildman–Crippen LogP) is 1.60. The topological polar surface area (TPSA) is 64.3 Å². The van der Waals surface area contributed by atoms with Crippen LogP contribution in [0.4, 0.5) is 0 Å². The standard InChI is InChI=1S/C14H22N2O2/c1-10(2)8-16-13(14(15)17)12-6-4-11(5-7-12)9-18-3/h4-7,10,13,16H,8-9H2,1-3H3,(H2,15,17). The molecule has 0 spiro atoms. The first-order chi connectivity index (χ1) is 8.54. The number of amides is 1. The Balaban J connectivity index is 2.76. The van der Waals surface area contributed by atoms with Crippen molar-refractivity contribution in [3.05, 3.63) is 35.4 Å². The first-order valence-electron chi connectivity index (χ1n) is 6.15. The molecule has 0 aromatic heterocycles. The zero-order valence-corrected chi connectivity index (χ0v) is 11.3. The average molecular weight is 250 g/mol. The van der Waals surface area contributed by atoms with Gasteiger partial charge in [0.1, 0.15) is 6.04 Å².